The van der Waals surface area contributed by atoms with Crippen LogP contribution in [0.5, 0.6) is 5.75 Å². The Labute approximate surface area is 133 Å². The summed E-state index contributed by atoms with van der Waals surface area (Å²) in [7, 11) is 0. The number of para-hydroxylation sites is 1. The topological polar surface area (TPSA) is 54.6 Å². The van der Waals surface area contributed by atoms with Crippen LogP contribution in [0, 0.1) is 0 Å². The van der Waals surface area contributed by atoms with Crippen LogP contribution in [-0.2, 0) is 0 Å². The van der Waals surface area contributed by atoms with Gasteiger partial charge in [-0.1, -0.05) is 29.3 Å². The molecule has 2 rings (SSSR count). The molecule has 21 heavy (non-hydrogen) atoms. The van der Waals surface area contributed by atoms with Crippen molar-refractivity contribution in [1.29, 1.82) is 0 Å². The van der Waals surface area contributed by atoms with Crippen LogP contribution in [0.25, 0.3) is 0 Å². The molecule has 1 aromatic carbocycles. The lowest BCUT2D eigenvalue weighted by atomic mass is 10.2. The molecule has 0 saturated carbocycles. The van der Waals surface area contributed by atoms with Crippen LogP contribution in [0.1, 0.15) is 18.7 Å². The van der Waals surface area contributed by atoms with E-state index in [1.807, 2.05) is 19.1 Å². The summed E-state index contributed by atoms with van der Waals surface area (Å²) >= 11 is 12.0. The van der Waals surface area contributed by atoms with Crippen LogP contribution in [0.2, 0.25) is 10.0 Å². The Morgan fingerprint density at radius 3 is 2.57 bits per heavy atom. The molecule has 0 spiro atoms. The Morgan fingerprint density at radius 1 is 1.24 bits per heavy atom. The minimum atomic E-state index is -0.685. The zero-order chi connectivity index (χ0) is 15.2. The molecule has 1 aromatic heterocycles. The van der Waals surface area contributed by atoms with Gasteiger partial charge in [-0.3, -0.25) is 0 Å². The Kier molecular flexibility index (Phi) is 5.94. The fourth-order valence-electron chi connectivity index (χ4n) is 1.81. The number of aliphatic hydroxyl groups is 1. The van der Waals surface area contributed by atoms with E-state index in [2.05, 4.69) is 5.32 Å². The molecule has 6 heteroatoms. The summed E-state index contributed by atoms with van der Waals surface area (Å²) in [5.41, 5.74) is 0. The Hall–Kier alpha value is -1.20. The van der Waals surface area contributed by atoms with Crippen molar-refractivity contribution in [1.82, 2.24) is 5.32 Å². The van der Waals surface area contributed by atoms with Gasteiger partial charge < -0.3 is 19.6 Å². The van der Waals surface area contributed by atoms with Gasteiger partial charge in [-0.05, 0) is 31.2 Å². The Bertz CT molecular complexity index is 540. The molecule has 0 saturated heterocycles. The summed E-state index contributed by atoms with van der Waals surface area (Å²) in [5, 5.41) is 13.9. The van der Waals surface area contributed by atoms with Crippen LogP contribution in [-0.4, -0.2) is 24.4 Å². The number of nitrogens with one attached hydrogen (secondary N) is 1. The number of aliphatic hydroxyl groups excluding tert-OH is 1. The van der Waals surface area contributed by atoms with Crippen LogP contribution >= 0.6 is 23.2 Å². The average molecular weight is 330 g/mol. The maximum absolute atomic E-state index is 9.93. The van der Waals surface area contributed by atoms with Gasteiger partial charge in [0.05, 0.1) is 22.4 Å². The number of furan rings is 1. The molecule has 2 unspecified atom stereocenters. The molecule has 0 aliphatic carbocycles. The molecule has 0 fully saturated rings. The summed E-state index contributed by atoms with van der Waals surface area (Å²) in [4.78, 5) is 0. The minimum Gasteiger partial charge on any atom is -0.488 e. The van der Waals surface area contributed by atoms with E-state index in [0.29, 0.717) is 22.3 Å². The SMILES string of the molecule is CC(NCC(O)COc1c(Cl)cccc1Cl)c1ccco1. The number of ether oxygens (including phenoxy) is 1. The largest absolute Gasteiger partial charge is 0.488 e. The van der Waals surface area contributed by atoms with Crippen molar-refractivity contribution in [2.45, 2.75) is 19.1 Å². The van der Waals surface area contributed by atoms with Gasteiger partial charge in [-0.2, -0.15) is 0 Å². The molecule has 1 heterocycles. The number of benzene rings is 1. The first-order valence-corrected chi connectivity index (χ1v) is 7.35. The molecule has 0 radical (unpaired) electrons. The van der Waals surface area contributed by atoms with E-state index in [1.165, 1.54) is 0 Å². The summed E-state index contributed by atoms with van der Waals surface area (Å²) in [5.74, 6) is 1.20. The predicted octanol–water partition coefficient (Wildman–Crippen LogP) is 3.68. The third-order valence-corrected chi connectivity index (χ3v) is 3.56. The lowest BCUT2D eigenvalue weighted by Crippen LogP contribution is -2.33. The fraction of sp³-hybridized carbons (Fsp3) is 0.333. The monoisotopic (exact) mass is 329 g/mol. The maximum atomic E-state index is 9.93. The second kappa shape index (κ2) is 7.71. The summed E-state index contributed by atoms with van der Waals surface area (Å²) in [6.07, 6.45) is 0.932. The molecule has 2 aromatic rings. The van der Waals surface area contributed by atoms with Gasteiger partial charge >= 0.3 is 0 Å². The normalized spacial score (nSPS) is 13.9. The first kappa shape index (κ1) is 16.2. The number of rotatable bonds is 7. The smallest absolute Gasteiger partial charge is 0.156 e. The second-order valence-electron chi connectivity index (χ2n) is 4.66. The first-order chi connectivity index (χ1) is 10.1. The highest BCUT2D eigenvalue weighted by Gasteiger charge is 2.13. The molecule has 2 N–H and O–H groups in total. The highest BCUT2D eigenvalue weighted by atomic mass is 35.5. The Morgan fingerprint density at radius 2 is 1.95 bits per heavy atom. The summed E-state index contributed by atoms with van der Waals surface area (Å²) in [6.45, 7) is 2.42. The highest BCUT2D eigenvalue weighted by Crippen LogP contribution is 2.32. The molecular weight excluding hydrogens is 313 g/mol. The van der Waals surface area contributed by atoms with Crippen LogP contribution in [0.15, 0.2) is 41.0 Å². The maximum Gasteiger partial charge on any atom is 0.156 e. The molecular formula is C15H17Cl2NO3. The van der Waals surface area contributed by atoms with Gasteiger partial charge in [0.1, 0.15) is 18.5 Å². The lowest BCUT2D eigenvalue weighted by Gasteiger charge is -2.17. The number of halogens is 2. The molecule has 0 aliphatic rings. The average Bonchev–Trinajstić information content (AvgIpc) is 2.98. The standard InChI is InChI=1S/C15H17Cl2NO3/c1-10(14-6-3-7-20-14)18-8-11(19)9-21-15-12(16)4-2-5-13(15)17/h2-7,10-11,18-19H,8-9H2,1H3. The molecule has 0 bridgehead atoms. The van der Waals surface area contributed by atoms with E-state index in [4.69, 9.17) is 32.4 Å². The van der Waals surface area contributed by atoms with Gasteiger partial charge in [-0.25, -0.2) is 0 Å². The zero-order valence-electron chi connectivity index (χ0n) is 11.6. The molecule has 2 atom stereocenters. The van der Waals surface area contributed by atoms with Gasteiger partial charge in [-0.15, -0.1) is 0 Å². The molecule has 0 amide bonds. The third kappa shape index (κ3) is 4.64. The van der Waals surface area contributed by atoms with E-state index in [0.717, 1.165) is 5.76 Å². The van der Waals surface area contributed by atoms with E-state index in [-0.39, 0.29) is 12.6 Å². The number of hydrogen-bond acceptors (Lipinski definition) is 4. The first-order valence-electron chi connectivity index (χ1n) is 6.59. The van der Waals surface area contributed by atoms with Crippen LogP contribution < -0.4 is 10.1 Å². The lowest BCUT2D eigenvalue weighted by molar-refractivity contribution is 0.103. The van der Waals surface area contributed by atoms with E-state index in [9.17, 15) is 5.11 Å². The van der Waals surface area contributed by atoms with Gasteiger partial charge in [0.15, 0.2) is 5.75 Å². The number of hydrogen-bond donors (Lipinski definition) is 2. The van der Waals surface area contributed by atoms with Gasteiger partial charge in [0.2, 0.25) is 0 Å². The quantitative estimate of drug-likeness (QED) is 0.813. The van der Waals surface area contributed by atoms with Crippen molar-refractivity contribution in [3.8, 4) is 5.75 Å². The fourth-order valence-corrected chi connectivity index (χ4v) is 2.32. The molecule has 4 nitrogen and oxygen atoms in total. The minimum absolute atomic E-state index is 0.0125. The third-order valence-electron chi connectivity index (χ3n) is 2.97. The molecule has 0 aliphatic heterocycles. The van der Waals surface area contributed by atoms with E-state index in [1.54, 1.807) is 24.5 Å². The van der Waals surface area contributed by atoms with Crippen LogP contribution in [0.3, 0.4) is 0 Å². The highest BCUT2D eigenvalue weighted by molar-refractivity contribution is 6.37. The van der Waals surface area contributed by atoms with Crippen molar-refractivity contribution >= 4 is 23.2 Å². The van der Waals surface area contributed by atoms with Crippen LogP contribution in [0.4, 0.5) is 0 Å². The van der Waals surface area contributed by atoms with Crippen molar-refractivity contribution in [2.75, 3.05) is 13.2 Å². The second-order valence-corrected chi connectivity index (χ2v) is 5.48. The van der Waals surface area contributed by atoms with Gasteiger partial charge in [0.25, 0.3) is 0 Å². The predicted molar refractivity (Wildman–Crippen MR) is 83.1 cm³/mol. The van der Waals surface area contributed by atoms with Crippen molar-refractivity contribution in [2.24, 2.45) is 0 Å². The van der Waals surface area contributed by atoms with Crippen molar-refractivity contribution in [3.05, 3.63) is 52.4 Å². The van der Waals surface area contributed by atoms with E-state index >= 15 is 0 Å². The zero-order valence-corrected chi connectivity index (χ0v) is 13.1. The van der Waals surface area contributed by atoms with Gasteiger partial charge in [0, 0.05) is 6.54 Å². The molecule has 114 valence electrons. The summed E-state index contributed by atoms with van der Waals surface area (Å²) in [6, 6.07) is 8.83. The van der Waals surface area contributed by atoms with Crippen molar-refractivity contribution in [3.63, 3.8) is 0 Å². The summed E-state index contributed by atoms with van der Waals surface area (Å²) < 4.78 is 10.8. The van der Waals surface area contributed by atoms with E-state index < -0.39 is 6.10 Å². The Balaban J connectivity index is 1.78. The van der Waals surface area contributed by atoms with Crippen molar-refractivity contribution < 1.29 is 14.3 Å².